The van der Waals surface area contributed by atoms with E-state index in [1.165, 1.54) is 15.4 Å². The lowest BCUT2D eigenvalue weighted by molar-refractivity contribution is 0.0521. The summed E-state index contributed by atoms with van der Waals surface area (Å²) in [6, 6.07) is 16.0. The lowest BCUT2D eigenvalue weighted by atomic mass is 10.2. The molecule has 11 heteroatoms. The number of carbonyl (C=O) groups excluding carboxylic acids is 1. The molecule has 0 saturated carbocycles. The molecular weight excluding hydrogens is 452 g/mol. The van der Waals surface area contributed by atoms with Crippen LogP contribution in [0.1, 0.15) is 23.0 Å². The highest BCUT2D eigenvalue weighted by Gasteiger charge is 2.25. The molecule has 0 bridgehead atoms. The minimum Gasteiger partial charge on any atom is -0.497 e. The van der Waals surface area contributed by atoms with Gasteiger partial charge in [0.15, 0.2) is 5.52 Å². The number of esters is 1. The largest absolute Gasteiger partial charge is 0.497 e. The van der Waals surface area contributed by atoms with Crippen LogP contribution in [0.15, 0.2) is 70.4 Å². The van der Waals surface area contributed by atoms with Gasteiger partial charge < -0.3 is 9.47 Å². The van der Waals surface area contributed by atoms with Crippen LogP contribution in [0.2, 0.25) is 0 Å². The van der Waals surface area contributed by atoms with Crippen LogP contribution >= 0.6 is 0 Å². The first kappa shape index (κ1) is 22.0. The molecule has 0 amide bonds. The molecular formula is C24H20N6O5. The molecule has 2 aromatic carbocycles. The van der Waals surface area contributed by atoms with Gasteiger partial charge in [-0.2, -0.15) is 9.78 Å². The molecule has 0 saturated heterocycles. The summed E-state index contributed by atoms with van der Waals surface area (Å²) in [5.41, 5.74) is 0.127. The molecule has 0 fully saturated rings. The van der Waals surface area contributed by atoms with Crippen molar-refractivity contribution in [3.05, 3.63) is 92.8 Å². The SMILES string of the molecule is CCOC(=O)c1nnn2c1c(=O)n(Cc1ccc(OC)cc1)c1c(=O)n(-c3ccccc3)ncc12. The van der Waals surface area contributed by atoms with Crippen LogP contribution < -0.4 is 15.9 Å². The number of hydrogen-bond donors (Lipinski definition) is 0. The van der Waals surface area contributed by atoms with E-state index >= 15 is 0 Å². The molecule has 0 radical (unpaired) electrons. The van der Waals surface area contributed by atoms with Gasteiger partial charge in [-0.25, -0.2) is 9.31 Å². The van der Waals surface area contributed by atoms with Gasteiger partial charge in [0.2, 0.25) is 5.69 Å². The average molecular weight is 472 g/mol. The molecule has 11 nitrogen and oxygen atoms in total. The average Bonchev–Trinajstić information content (AvgIpc) is 3.33. The number of rotatable bonds is 6. The lowest BCUT2D eigenvalue weighted by Gasteiger charge is -2.13. The van der Waals surface area contributed by atoms with Crippen molar-refractivity contribution in [2.24, 2.45) is 0 Å². The van der Waals surface area contributed by atoms with Crippen LogP contribution in [0.5, 0.6) is 5.75 Å². The Morgan fingerprint density at radius 2 is 1.71 bits per heavy atom. The van der Waals surface area contributed by atoms with Gasteiger partial charge in [0.1, 0.15) is 16.8 Å². The summed E-state index contributed by atoms with van der Waals surface area (Å²) in [6.45, 7) is 1.81. The second kappa shape index (κ2) is 8.86. The zero-order chi connectivity index (χ0) is 24.5. The number of hydrogen-bond acceptors (Lipinski definition) is 8. The summed E-state index contributed by atoms with van der Waals surface area (Å²) in [6.07, 6.45) is 1.42. The van der Waals surface area contributed by atoms with Crippen LogP contribution in [0.25, 0.3) is 22.2 Å². The maximum atomic E-state index is 13.7. The highest BCUT2D eigenvalue weighted by atomic mass is 16.5. The first-order valence-electron chi connectivity index (χ1n) is 10.8. The van der Waals surface area contributed by atoms with Crippen molar-refractivity contribution in [2.75, 3.05) is 13.7 Å². The summed E-state index contributed by atoms with van der Waals surface area (Å²) >= 11 is 0. The summed E-state index contributed by atoms with van der Waals surface area (Å²) in [5, 5.41) is 12.1. The minimum atomic E-state index is -0.777. The molecule has 5 aromatic rings. The van der Waals surface area contributed by atoms with Gasteiger partial charge in [-0.1, -0.05) is 35.5 Å². The van der Waals surface area contributed by atoms with E-state index in [0.29, 0.717) is 11.4 Å². The van der Waals surface area contributed by atoms with Gasteiger partial charge >= 0.3 is 5.97 Å². The Labute approximate surface area is 197 Å². The zero-order valence-electron chi connectivity index (χ0n) is 18.9. The molecule has 0 unspecified atom stereocenters. The summed E-state index contributed by atoms with van der Waals surface area (Å²) in [5.74, 6) is -0.123. The molecule has 0 N–H and O–H groups in total. The molecule has 176 valence electrons. The summed E-state index contributed by atoms with van der Waals surface area (Å²) in [4.78, 5) is 39.8. The van der Waals surface area contributed by atoms with Gasteiger partial charge in [-0.15, -0.1) is 5.10 Å². The predicted molar refractivity (Wildman–Crippen MR) is 126 cm³/mol. The Kier molecular flexibility index (Phi) is 5.57. The maximum absolute atomic E-state index is 13.7. The quantitative estimate of drug-likeness (QED) is 0.343. The van der Waals surface area contributed by atoms with Crippen LogP contribution in [-0.4, -0.2) is 48.9 Å². The van der Waals surface area contributed by atoms with E-state index in [1.807, 2.05) is 6.07 Å². The Morgan fingerprint density at radius 3 is 2.40 bits per heavy atom. The number of nitrogens with zero attached hydrogens (tertiary/aromatic N) is 6. The molecule has 0 aliphatic rings. The number of ether oxygens (including phenoxy) is 2. The third-order valence-corrected chi connectivity index (χ3v) is 5.52. The standard InChI is InChI=1S/C24H20N6O5/c1-3-35-24(33)19-21-22(31)28(14-15-9-11-17(34-2)12-10-15)20-18(30(21)27-26-19)13-25-29(23(20)32)16-7-5-4-6-8-16/h4-13H,3,14H2,1-2H3. The number of methoxy groups -OCH3 is 1. The highest BCUT2D eigenvalue weighted by molar-refractivity contribution is 5.95. The first-order chi connectivity index (χ1) is 17.0. The van der Waals surface area contributed by atoms with E-state index in [-0.39, 0.29) is 35.4 Å². The van der Waals surface area contributed by atoms with Crippen molar-refractivity contribution in [3.63, 3.8) is 0 Å². The van der Waals surface area contributed by atoms with Crippen molar-refractivity contribution >= 4 is 22.5 Å². The van der Waals surface area contributed by atoms with Gasteiger partial charge in [0.25, 0.3) is 11.1 Å². The third kappa shape index (κ3) is 3.72. The Bertz CT molecular complexity index is 1670. The highest BCUT2D eigenvalue weighted by Crippen LogP contribution is 2.17. The fraction of sp³-hybridized carbons (Fsp3) is 0.167. The van der Waals surface area contributed by atoms with Gasteiger partial charge in [0, 0.05) is 0 Å². The molecule has 0 aliphatic heterocycles. The fourth-order valence-electron chi connectivity index (χ4n) is 3.87. The molecule has 0 spiro atoms. The van der Waals surface area contributed by atoms with Crippen molar-refractivity contribution in [1.82, 2.24) is 29.2 Å². The second-order valence-electron chi connectivity index (χ2n) is 7.59. The van der Waals surface area contributed by atoms with E-state index in [9.17, 15) is 14.4 Å². The van der Waals surface area contributed by atoms with E-state index < -0.39 is 17.1 Å². The monoisotopic (exact) mass is 472 g/mol. The van der Waals surface area contributed by atoms with E-state index in [2.05, 4.69) is 15.4 Å². The fourth-order valence-corrected chi connectivity index (χ4v) is 3.87. The topological polar surface area (TPSA) is 123 Å². The predicted octanol–water partition coefficient (Wildman–Crippen LogP) is 1.82. The van der Waals surface area contributed by atoms with Crippen LogP contribution in [0, 0.1) is 0 Å². The Balaban J connectivity index is 1.83. The molecule has 0 atom stereocenters. The van der Waals surface area contributed by atoms with Crippen molar-refractivity contribution in [3.8, 4) is 11.4 Å². The van der Waals surface area contributed by atoms with Crippen LogP contribution in [-0.2, 0) is 11.3 Å². The van der Waals surface area contributed by atoms with Gasteiger partial charge in [-0.05, 0) is 36.8 Å². The van der Waals surface area contributed by atoms with Crippen LogP contribution in [0.4, 0.5) is 0 Å². The Morgan fingerprint density at radius 1 is 0.971 bits per heavy atom. The number of benzene rings is 2. The van der Waals surface area contributed by atoms with E-state index in [4.69, 9.17) is 9.47 Å². The lowest BCUT2D eigenvalue weighted by Crippen LogP contribution is -2.32. The minimum absolute atomic E-state index is 0.0529. The number of fused-ring (bicyclic) bond motifs is 3. The maximum Gasteiger partial charge on any atom is 0.361 e. The van der Waals surface area contributed by atoms with E-state index in [0.717, 1.165) is 10.1 Å². The smallest absolute Gasteiger partial charge is 0.361 e. The molecule has 0 aliphatic carbocycles. The molecule has 5 rings (SSSR count). The molecule has 3 heterocycles. The van der Waals surface area contributed by atoms with E-state index in [1.54, 1.807) is 62.6 Å². The number of aromatic nitrogens is 6. The number of para-hydroxylation sites is 1. The van der Waals surface area contributed by atoms with Crippen molar-refractivity contribution < 1.29 is 14.3 Å². The molecule has 35 heavy (non-hydrogen) atoms. The van der Waals surface area contributed by atoms with Crippen LogP contribution in [0.3, 0.4) is 0 Å². The zero-order valence-corrected chi connectivity index (χ0v) is 18.9. The second-order valence-corrected chi connectivity index (χ2v) is 7.59. The van der Waals surface area contributed by atoms with Crippen molar-refractivity contribution in [2.45, 2.75) is 13.5 Å². The molecule has 3 aromatic heterocycles. The summed E-state index contributed by atoms with van der Waals surface area (Å²) in [7, 11) is 1.56. The third-order valence-electron chi connectivity index (χ3n) is 5.52. The van der Waals surface area contributed by atoms with Gasteiger partial charge in [0.05, 0.1) is 32.1 Å². The Hall–Kier alpha value is -4.80. The number of carbonyl (C=O) groups is 1. The van der Waals surface area contributed by atoms with Crippen molar-refractivity contribution in [1.29, 1.82) is 0 Å². The summed E-state index contributed by atoms with van der Waals surface area (Å²) < 4.78 is 13.9. The first-order valence-corrected chi connectivity index (χ1v) is 10.8. The van der Waals surface area contributed by atoms with Gasteiger partial charge in [-0.3, -0.25) is 14.2 Å². The normalized spacial score (nSPS) is 11.1.